The van der Waals surface area contributed by atoms with Crippen molar-refractivity contribution in [2.24, 2.45) is 5.73 Å². The van der Waals surface area contributed by atoms with E-state index in [2.05, 4.69) is 0 Å². The van der Waals surface area contributed by atoms with Crippen LogP contribution < -0.4 is 10.5 Å². The molecule has 0 aliphatic carbocycles. The normalized spacial score (nSPS) is 10.5. The van der Waals surface area contributed by atoms with Gasteiger partial charge in [-0.3, -0.25) is 0 Å². The molecule has 4 heteroatoms. The summed E-state index contributed by atoms with van der Waals surface area (Å²) in [5, 5.41) is 0.627. The van der Waals surface area contributed by atoms with E-state index in [4.69, 9.17) is 22.1 Å². The van der Waals surface area contributed by atoms with Crippen LogP contribution in [0.15, 0.2) is 36.4 Å². The van der Waals surface area contributed by atoms with E-state index in [0.717, 1.165) is 16.9 Å². The average Bonchev–Trinajstić information content (AvgIpc) is 2.41. The molecule has 0 radical (unpaired) electrons. The summed E-state index contributed by atoms with van der Waals surface area (Å²) in [5.41, 5.74) is 7.84. The van der Waals surface area contributed by atoms with Gasteiger partial charge in [0, 0.05) is 17.1 Å². The summed E-state index contributed by atoms with van der Waals surface area (Å²) < 4.78 is 19.0. The van der Waals surface area contributed by atoms with Gasteiger partial charge in [0.25, 0.3) is 0 Å². The van der Waals surface area contributed by atoms with E-state index >= 15 is 0 Å². The van der Waals surface area contributed by atoms with Gasteiger partial charge in [-0.2, -0.15) is 0 Å². The number of benzene rings is 2. The molecule has 0 saturated carbocycles. The van der Waals surface area contributed by atoms with E-state index in [0.29, 0.717) is 17.2 Å². The van der Waals surface area contributed by atoms with Crippen molar-refractivity contribution in [2.75, 3.05) is 0 Å². The van der Waals surface area contributed by atoms with Crippen molar-refractivity contribution >= 4 is 11.6 Å². The Labute approximate surface area is 117 Å². The van der Waals surface area contributed by atoms with Crippen LogP contribution >= 0.6 is 11.6 Å². The number of hydrogen-bond acceptors (Lipinski definition) is 2. The van der Waals surface area contributed by atoms with Crippen molar-refractivity contribution in [2.45, 2.75) is 20.1 Å². The lowest BCUT2D eigenvalue weighted by atomic mass is 10.1. The second-order valence-corrected chi connectivity index (χ2v) is 4.76. The van der Waals surface area contributed by atoms with Crippen molar-refractivity contribution in [1.82, 2.24) is 0 Å². The molecular weight excluding hydrogens is 265 g/mol. The van der Waals surface area contributed by atoms with Gasteiger partial charge >= 0.3 is 0 Å². The second kappa shape index (κ2) is 6.04. The summed E-state index contributed by atoms with van der Waals surface area (Å²) in [5.74, 6) is 0.441. The monoisotopic (exact) mass is 279 g/mol. The summed E-state index contributed by atoms with van der Waals surface area (Å²) >= 11 is 5.92. The third-order valence-electron chi connectivity index (χ3n) is 2.87. The minimum Gasteiger partial charge on any atom is -0.489 e. The van der Waals surface area contributed by atoms with Gasteiger partial charge < -0.3 is 10.5 Å². The molecule has 2 N–H and O–H groups in total. The van der Waals surface area contributed by atoms with E-state index in [9.17, 15) is 4.39 Å². The molecular formula is C15H15ClFNO. The van der Waals surface area contributed by atoms with Gasteiger partial charge in [0.1, 0.15) is 18.2 Å². The maximum atomic E-state index is 13.3. The van der Waals surface area contributed by atoms with E-state index in [1.807, 2.05) is 19.1 Å². The fraction of sp³-hybridized carbons (Fsp3) is 0.200. The highest BCUT2D eigenvalue weighted by Gasteiger charge is 2.04. The molecule has 2 aromatic rings. The van der Waals surface area contributed by atoms with Crippen molar-refractivity contribution < 1.29 is 9.13 Å². The molecule has 2 rings (SSSR count). The zero-order chi connectivity index (χ0) is 13.8. The molecule has 0 unspecified atom stereocenters. The fourth-order valence-electron chi connectivity index (χ4n) is 1.76. The number of ether oxygens (including phenoxy) is 1. The molecule has 0 fully saturated rings. The lowest BCUT2D eigenvalue weighted by Gasteiger charge is -2.10. The maximum absolute atomic E-state index is 13.3. The highest BCUT2D eigenvalue weighted by atomic mass is 35.5. The minimum atomic E-state index is -0.287. The highest BCUT2D eigenvalue weighted by molar-refractivity contribution is 6.30. The first-order valence-electron chi connectivity index (χ1n) is 5.96. The van der Waals surface area contributed by atoms with Gasteiger partial charge in [-0.25, -0.2) is 4.39 Å². The van der Waals surface area contributed by atoms with Crippen LogP contribution in [-0.4, -0.2) is 0 Å². The van der Waals surface area contributed by atoms with Crippen LogP contribution in [0.25, 0.3) is 0 Å². The average molecular weight is 280 g/mol. The van der Waals surface area contributed by atoms with Gasteiger partial charge in [0.15, 0.2) is 0 Å². The second-order valence-electron chi connectivity index (χ2n) is 4.33. The summed E-state index contributed by atoms with van der Waals surface area (Å²) in [4.78, 5) is 0. The van der Waals surface area contributed by atoms with Crippen molar-refractivity contribution in [3.63, 3.8) is 0 Å². The van der Waals surface area contributed by atoms with Crippen LogP contribution in [-0.2, 0) is 13.2 Å². The predicted molar refractivity (Wildman–Crippen MR) is 74.8 cm³/mol. The van der Waals surface area contributed by atoms with Gasteiger partial charge in [0.05, 0.1) is 0 Å². The third kappa shape index (κ3) is 3.46. The Morgan fingerprint density at radius 2 is 2.00 bits per heavy atom. The first-order chi connectivity index (χ1) is 9.10. The van der Waals surface area contributed by atoms with Crippen molar-refractivity contribution in [1.29, 1.82) is 0 Å². The highest BCUT2D eigenvalue weighted by Crippen LogP contribution is 2.23. The topological polar surface area (TPSA) is 35.2 Å². The zero-order valence-corrected chi connectivity index (χ0v) is 11.4. The van der Waals surface area contributed by atoms with Crippen LogP contribution in [0.5, 0.6) is 5.75 Å². The Morgan fingerprint density at radius 1 is 1.21 bits per heavy atom. The summed E-state index contributed by atoms with van der Waals surface area (Å²) in [7, 11) is 0. The van der Waals surface area contributed by atoms with E-state index in [-0.39, 0.29) is 12.4 Å². The quantitative estimate of drug-likeness (QED) is 0.923. The Bertz CT molecular complexity index is 586. The number of rotatable bonds is 4. The first-order valence-corrected chi connectivity index (χ1v) is 6.34. The van der Waals surface area contributed by atoms with E-state index in [1.54, 1.807) is 18.2 Å². The first kappa shape index (κ1) is 13.8. The third-order valence-corrected chi connectivity index (χ3v) is 3.11. The molecule has 0 saturated heterocycles. The number of nitrogens with two attached hydrogens (primary N) is 1. The van der Waals surface area contributed by atoms with Gasteiger partial charge in [-0.1, -0.05) is 23.7 Å². The van der Waals surface area contributed by atoms with Crippen LogP contribution in [0.1, 0.15) is 16.7 Å². The molecule has 0 aliphatic heterocycles. The summed E-state index contributed by atoms with van der Waals surface area (Å²) in [6.45, 7) is 2.48. The Hall–Kier alpha value is -1.58. The standard InChI is InChI=1S/C15H15ClFNO/c1-10-2-4-13(16)7-15(10)19-9-11-3-5-14(17)12(6-11)8-18/h2-7H,8-9,18H2,1H3. The largest absolute Gasteiger partial charge is 0.489 e. The minimum absolute atomic E-state index is 0.176. The fourth-order valence-corrected chi connectivity index (χ4v) is 1.93. The Balaban J connectivity index is 2.12. The molecule has 0 atom stereocenters. The molecule has 2 aromatic carbocycles. The van der Waals surface area contributed by atoms with Gasteiger partial charge in [-0.05, 0) is 42.3 Å². The molecule has 0 bridgehead atoms. The molecule has 0 amide bonds. The number of hydrogen-bond donors (Lipinski definition) is 1. The molecule has 0 spiro atoms. The van der Waals surface area contributed by atoms with Gasteiger partial charge in [-0.15, -0.1) is 0 Å². The smallest absolute Gasteiger partial charge is 0.127 e. The van der Waals surface area contributed by atoms with Crippen LogP contribution in [0.4, 0.5) is 4.39 Å². The molecule has 2 nitrogen and oxygen atoms in total. The lowest BCUT2D eigenvalue weighted by Crippen LogP contribution is -2.03. The Kier molecular flexibility index (Phi) is 4.40. The maximum Gasteiger partial charge on any atom is 0.127 e. The predicted octanol–water partition coefficient (Wildman–Crippen LogP) is 3.83. The van der Waals surface area contributed by atoms with Crippen LogP contribution in [0.3, 0.4) is 0 Å². The van der Waals surface area contributed by atoms with E-state index < -0.39 is 0 Å². The van der Waals surface area contributed by atoms with E-state index in [1.165, 1.54) is 6.07 Å². The zero-order valence-electron chi connectivity index (χ0n) is 10.6. The van der Waals surface area contributed by atoms with Gasteiger partial charge in [0.2, 0.25) is 0 Å². The molecule has 0 heterocycles. The SMILES string of the molecule is Cc1ccc(Cl)cc1OCc1ccc(F)c(CN)c1. The van der Waals surface area contributed by atoms with Crippen LogP contribution in [0.2, 0.25) is 5.02 Å². The lowest BCUT2D eigenvalue weighted by molar-refractivity contribution is 0.304. The molecule has 0 aliphatic rings. The summed E-state index contributed by atoms with van der Waals surface area (Å²) in [6, 6.07) is 10.3. The molecule has 19 heavy (non-hydrogen) atoms. The van der Waals surface area contributed by atoms with Crippen molar-refractivity contribution in [3.8, 4) is 5.75 Å². The number of aryl methyl sites for hydroxylation is 1. The van der Waals surface area contributed by atoms with Crippen LogP contribution in [0, 0.1) is 12.7 Å². The molecule has 0 aromatic heterocycles. The van der Waals surface area contributed by atoms with Crippen molar-refractivity contribution in [3.05, 3.63) is 63.9 Å². The number of halogens is 2. The molecule has 100 valence electrons. The summed E-state index contributed by atoms with van der Waals surface area (Å²) in [6.07, 6.45) is 0. The Morgan fingerprint density at radius 3 is 2.74 bits per heavy atom.